The minimum Gasteiger partial charge on any atom is -0.328 e. The molecule has 92 valence electrons. The standard InChI is InChI=1S/C14H21N3/c1-3-4-9-14-16-12-7-5-6-8-13(12)17(14)11(2)10-15/h5-8,11H,3-4,9-10,15H2,1-2H3. The lowest BCUT2D eigenvalue weighted by molar-refractivity contribution is 0.540. The van der Waals surface area contributed by atoms with Crippen LogP contribution >= 0.6 is 0 Å². The van der Waals surface area contributed by atoms with E-state index in [4.69, 9.17) is 10.7 Å². The second-order valence-electron chi connectivity index (χ2n) is 4.58. The lowest BCUT2D eigenvalue weighted by Crippen LogP contribution is -2.18. The van der Waals surface area contributed by atoms with Gasteiger partial charge in [-0.05, 0) is 25.5 Å². The van der Waals surface area contributed by atoms with Crippen molar-refractivity contribution in [2.45, 2.75) is 39.2 Å². The third-order valence-electron chi connectivity index (χ3n) is 3.20. The molecule has 3 heteroatoms. The van der Waals surface area contributed by atoms with Crippen LogP contribution in [-0.4, -0.2) is 16.1 Å². The second-order valence-corrected chi connectivity index (χ2v) is 4.58. The highest BCUT2D eigenvalue weighted by Crippen LogP contribution is 2.21. The molecule has 0 saturated heterocycles. The molecule has 0 aliphatic carbocycles. The van der Waals surface area contributed by atoms with E-state index in [0.717, 1.165) is 11.9 Å². The Morgan fingerprint density at radius 1 is 1.35 bits per heavy atom. The number of nitrogens with zero attached hydrogens (tertiary/aromatic N) is 2. The van der Waals surface area contributed by atoms with Crippen LogP contribution in [0.4, 0.5) is 0 Å². The highest BCUT2D eigenvalue weighted by atomic mass is 15.1. The predicted octanol–water partition coefficient (Wildman–Crippen LogP) is 2.90. The van der Waals surface area contributed by atoms with Crippen molar-refractivity contribution in [2.75, 3.05) is 6.54 Å². The first-order valence-electron chi connectivity index (χ1n) is 6.43. The van der Waals surface area contributed by atoms with Crippen molar-refractivity contribution in [3.05, 3.63) is 30.1 Å². The summed E-state index contributed by atoms with van der Waals surface area (Å²) in [6, 6.07) is 8.62. The predicted molar refractivity (Wildman–Crippen MR) is 72.1 cm³/mol. The SMILES string of the molecule is CCCCc1nc2ccccc2n1C(C)CN. The Hall–Kier alpha value is -1.35. The molecule has 0 spiro atoms. The number of hydrogen-bond acceptors (Lipinski definition) is 2. The molecule has 0 aliphatic heterocycles. The molecule has 2 N–H and O–H groups in total. The molecule has 17 heavy (non-hydrogen) atoms. The molecule has 1 heterocycles. The smallest absolute Gasteiger partial charge is 0.110 e. The summed E-state index contributed by atoms with van der Waals surface area (Å²) in [4.78, 5) is 4.73. The Labute approximate surface area is 103 Å². The highest BCUT2D eigenvalue weighted by Gasteiger charge is 2.13. The van der Waals surface area contributed by atoms with E-state index >= 15 is 0 Å². The van der Waals surface area contributed by atoms with Gasteiger partial charge in [0.1, 0.15) is 5.82 Å². The molecule has 0 bridgehead atoms. The fourth-order valence-electron chi connectivity index (χ4n) is 2.20. The van der Waals surface area contributed by atoms with Crippen molar-refractivity contribution in [1.82, 2.24) is 9.55 Å². The normalized spacial score (nSPS) is 13.1. The quantitative estimate of drug-likeness (QED) is 0.860. The van der Waals surface area contributed by atoms with Gasteiger partial charge < -0.3 is 10.3 Å². The molecule has 3 nitrogen and oxygen atoms in total. The van der Waals surface area contributed by atoms with Gasteiger partial charge in [0.25, 0.3) is 0 Å². The van der Waals surface area contributed by atoms with Gasteiger partial charge in [-0.3, -0.25) is 0 Å². The van der Waals surface area contributed by atoms with Gasteiger partial charge >= 0.3 is 0 Å². The van der Waals surface area contributed by atoms with E-state index in [2.05, 4.69) is 36.6 Å². The van der Waals surface area contributed by atoms with Crippen LogP contribution in [0.1, 0.15) is 38.6 Å². The molecule has 1 aromatic carbocycles. The van der Waals surface area contributed by atoms with Gasteiger partial charge in [-0.25, -0.2) is 4.98 Å². The summed E-state index contributed by atoms with van der Waals surface area (Å²) in [5.74, 6) is 1.17. The minimum absolute atomic E-state index is 0.314. The lowest BCUT2D eigenvalue weighted by Gasteiger charge is -2.15. The van der Waals surface area contributed by atoms with Crippen molar-refractivity contribution in [3.8, 4) is 0 Å². The van der Waals surface area contributed by atoms with Crippen LogP contribution in [0.3, 0.4) is 0 Å². The summed E-state index contributed by atoms with van der Waals surface area (Å²) < 4.78 is 2.30. The maximum absolute atomic E-state index is 5.80. The number of nitrogens with two attached hydrogens (primary N) is 1. The van der Waals surface area contributed by atoms with Crippen LogP contribution in [0.5, 0.6) is 0 Å². The number of para-hydroxylation sites is 2. The summed E-state index contributed by atoms with van der Waals surface area (Å²) in [7, 11) is 0. The van der Waals surface area contributed by atoms with Gasteiger partial charge in [-0.1, -0.05) is 25.5 Å². The molecule has 0 saturated carbocycles. The van der Waals surface area contributed by atoms with Crippen molar-refractivity contribution in [2.24, 2.45) is 5.73 Å². The molecule has 2 rings (SSSR count). The zero-order chi connectivity index (χ0) is 12.3. The number of benzene rings is 1. The van der Waals surface area contributed by atoms with Gasteiger partial charge in [-0.15, -0.1) is 0 Å². The van der Waals surface area contributed by atoms with Crippen molar-refractivity contribution in [3.63, 3.8) is 0 Å². The van der Waals surface area contributed by atoms with Crippen LogP contribution in [-0.2, 0) is 6.42 Å². The fraction of sp³-hybridized carbons (Fsp3) is 0.500. The zero-order valence-corrected chi connectivity index (χ0v) is 10.7. The first kappa shape index (κ1) is 12.1. The first-order chi connectivity index (χ1) is 8.27. The Kier molecular flexibility index (Phi) is 3.79. The topological polar surface area (TPSA) is 43.8 Å². The fourth-order valence-corrected chi connectivity index (χ4v) is 2.20. The molecule has 1 aromatic heterocycles. The molecular formula is C14H21N3. The molecule has 0 radical (unpaired) electrons. The van der Waals surface area contributed by atoms with E-state index in [9.17, 15) is 0 Å². The van der Waals surface area contributed by atoms with Gasteiger partial charge in [-0.2, -0.15) is 0 Å². The number of aromatic nitrogens is 2. The lowest BCUT2D eigenvalue weighted by atomic mass is 10.2. The number of imidazole rings is 1. The molecule has 0 fully saturated rings. The first-order valence-corrected chi connectivity index (χ1v) is 6.43. The third-order valence-corrected chi connectivity index (χ3v) is 3.20. The molecule has 1 unspecified atom stereocenters. The molecule has 0 aliphatic rings. The van der Waals surface area contributed by atoms with Crippen LogP contribution in [0.15, 0.2) is 24.3 Å². The summed E-state index contributed by atoms with van der Waals surface area (Å²) in [6.07, 6.45) is 3.41. The van der Waals surface area contributed by atoms with E-state index in [-0.39, 0.29) is 0 Å². The number of fused-ring (bicyclic) bond motifs is 1. The third kappa shape index (κ3) is 2.34. The van der Waals surface area contributed by atoms with Crippen LogP contribution in [0.2, 0.25) is 0 Å². The number of hydrogen-bond donors (Lipinski definition) is 1. The van der Waals surface area contributed by atoms with Gasteiger partial charge in [0.2, 0.25) is 0 Å². The average Bonchev–Trinajstić information content (AvgIpc) is 2.73. The van der Waals surface area contributed by atoms with Crippen LogP contribution in [0.25, 0.3) is 11.0 Å². The van der Waals surface area contributed by atoms with E-state index in [0.29, 0.717) is 12.6 Å². The van der Waals surface area contributed by atoms with Crippen LogP contribution < -0.4 is 5.73 Å². The summed E-state index contributed by atoms with van der Waals surface area (Å²) in [6.45, 7) is 5.02. The maximum Gasteiger partial charge on any atom is 0.110 e. The van der Waals surface area contributed by atoms with E-state index in [1.807, 2.05) is 6.07 Å². The molecule has 2 aromatic rings. The number of aryl methyl sites for hydroxylation is 1. The number of rotatable bonds is 5. The van der Waals surface area contributed by atoms with Gasteiger partial charge in [0.05, 0.1) is 11.0 Å². The van der Waals surface area contributed by atoms with Crippen LogP contribution in [0, 0.1) is 0 Å². The largest absolute Gasteiger partial charge is 0.328 e. The zero-order valence-electron chi connectivity index (χ0n) is 10.7. The van der Waals surface area contributed by atoms with Crippen molar-refractivity contribution in [1.29, 1.82) is 0 Å². The van der Waals surface area contributed by atoms with E-state index in [1.165, 1.54) is 24.2 Å². The Bertz CT molecular complexity index is 487. The van der Waals surface area contributed by atoms with Gasteiger partial charge in [0, 0.05) is 19.0 Å². The summed E-state index contributed by atoms with van der Waals surface area (Å²) in [5.41, 5.74) is 8.09. The molecule has 0 amide bonds. The maximum atomic E-state index is 5.80. The Morgan fingerprint density at radius 3 is 2.82 bits per heavy atom. The minimum atomic E-state index is 0.314. The van der Waals surface area contributed by atoms with E-state index < -0.39 is 0 Å². The summed E-state index contributed by atoms with van der Waals surface area (Å²) in [5, 5.41) is 0. The van der Waals surface area contributed by atoms with Gasteiger partial charge in [0.15, 0.2) is 0 Å². The summed E-state index contributed by atoms with van der Waals surface area (Å²) >= 11 is 0. The molecular weight excluding hydrogens is 210 g/mol. The monoisotopic (exact) mass is 231 g/mol. The Morgan fingerprint density at radius 2 is 2.12 bits per heavy atom. The molecule has 1 atom stereocenters. The van der Waals surface area contributed by atoms with E-state index in [1.54, 1.807) is 0 Å². The average molecular weight is 231 g/mol. The second kappa shape index (κ2) is 5.32. The number of unbranched alkanes of at least 4 members (excludes halogenated alkanes) is 1. The van der Waals surface area contributed by atoms with Crippen molar-refractivity contribution >= 4 is 11.0 Å². The Balaban J connectivity index is 2.49. The van der Waals surface area contributed by atoms with Crippen molar-refractivity contribution < 1.29 is 0 Å². The highest BCUT2D eigenvalue weighted by molar-refractivity contribution is 5.76.